The van der Waals surface area contributed by atoms with Gasteiger partial charge in [0, 0.05) is 15.8 Å². The number of benzene rings is 1. The van der Waals surface area contributed by atoms with E-state index in [1.165, 1.54) is 46.9 Å². The third-order valence-electron chi connectivity index (χ3n) is 3.10. The summed E-state index contributed by atoms with van der Waals surface area (Å²) < 4.78 is 12.9. The number of carbonyl (C=O) groups is 2. The van der Waals surface area contributed by atoms with Crippen LogP contribution in [0.3, 0.4) is 0 Å². The van der Waals surface area contributed by atoms with Gasteiger partial charge >= 0.3 is 5.97 Å². The van der Waals surface area contributed by atoms with Crippen LogP contribution in [0, 0.1) is 5.82 Å². The Morgan fingerprint density at radius 3 is 2.43 bits per heavy atom. The van der Waals surface area contributed by atoms with Crippen LogP contribution in [-0.2, 0) is 0 Å². The second-order valence-electron chi connectivity index (χ2n) is 4.60. The molecule has 4 nitrogen and oxygen atoms in total. The van der Waals surface area contributed by atoms with Gasteiger partial charge in [-0.1, -0.05) is 6.07 Å². The minimum absolute atomic E-state index is 0.0629. The first-order valence-electron chi connectivity index (χ1n) is 6.52. The van der Waals surface area contributed by atoms with Gasteiger partial charge in [-0.05, 0) is 35.7 Å². The Kier molecular flexibility index (Phi) is 4.22. The Balaban J connectivity index is 1.93. The summed E-state index contributed by atoms with van der Waals surface area (Å²) in [5, 5.41) is 15.5. The van der Waals surface area contributed by atoms with Gasteiger partial charge in [0.1, 0.15) is 11.4 Å². The monoisotopic (exact) mass is 347 g/mol. The maximum atomic E-state index is 12.9. The van der Waals surface area contributed by atoms with Crippen molar-refractivity contribution in [3.63, 3.8) is 0 Å². The van der Waals surface area contributed by atoms with Gasteiger partial charge in [-0.15, -0.1) is 22.7 Å². The molecule has 0 saturated heterocycles. The average Bonchev–Trinajstić information content (AvgIpc) is 3.16. The largest absolute Gasteiger partial charge is 0.478 e. The Labute approximate surface area is 138 Å². The van der Waals surface area contributed by atoms with E-state index in [4.69, 9.17) is 0 Å². The number of carboxylic acid groups (broad SMARTS) is 1. The van der Waals surface area contributed by atoms with Crippen LogP contribution in [0.2, 0.25) is 0 Å². The fourth-order valence-corrected chi connectivity index (χ4v) is 3.92. The van der Waals surface area contributed by atoms with E-state index in [2.05, 4.69) is 5.32 Å². The summed E-state index contributed by atoms with van der Waals surface area (Å²) in [6, 6.07) is 8.71. The predicted octanol–water partition coefficient (Wildman–Crippen LogP) is 4.57. The Hall–Kier alpha value is -2.51. The molecule has 0 atom stereocenters. The number of halogens is 1. The van der Waals surface area contributed by atoms with Gasteiger partial charge in [-0.2, -0.15) is 0 Å². The normalized spacial score (nSPS) is 10.5. The minimum Gasteiger partial charge on any atom is -0.478 e. The van der Waals surface area contributed by atoms with Gasteiger partial charge in [0.15, 0.2) is 0 Å². The SMILES string of the molecule is O=C(Nc1csc(-c2cccs2)c1C(=O)O)c1ccc(F)cc1. The van der Waals surface area contributed by atoms with Crippen LogP contribution in [0.1, 0.15) is 20.7 Å². The van der Waals surface area contributed by atoms with Crippen molar-refractivity contribution in [1.29, 1.82) is 0 Å². The fourth-order valence-electron chi connectivity index (χ4n) is 2.05. The molecule has 23 heavy (non-hydrogen) atoms. The minimum atomic E-state index is -1.11. The summed E-state index contributed by atoms with van der Waals surface area (Å²) in [6.07, 6.45) is 0. The number of rotatable bonds is 4. The molecule has 1 amide bonds. The molecule has 2 aromatic heterocycles. The first kappa shape index (κ1) is 15.4. The van der Waals surface area contributed by atoms with Crippen LogP contribution in [0.25, 0.3) is 9.75 Å². The molecule has 3 rings (SSSR count). The zero-order chi connectivity index (χ0) is 16.4. The number of anilines is 1. The molecule has 0 saturated carbocycles. The summed E-state index contributed by atoms with van der Waals surface area (Å²) >= 11 is 2.69. The van der Waals surface area contributed by atoms with E-state index in [1.807, 2.05) is 17.5 Å². The maximum absolute atomic E-state index is 12.9. The van der Waals surface area contributed by atoms with E-state index in [9.17, 15) is 19.1 Å². The number of carbonyl (C=O) groups excluding carboxylic acids is 1. The highest BCUT2D eigenvalue weighted by Crippen LogP contribution is 2.38. The second-order valence-corrected chi connectivity index (χ2v) is 6.42. The van der Waals surface area contributed by atoms with Crippen molar-refractivity contribution in [3.8, 4) is 9.75 Å². The first-order valence-corrected chi connectivity index (χ1v) is 8.28. The number of aromatic carboxylic acids is 1. The van der Waals surface area contributed by atoms with Gasteiger partial charge < -0.3 is 10.4 Å². The second kappa shape index (κ2) is 6.31. The van der Waals surface area contributed by atoms with Crippen LogP contribution in [0.15, 0.2) is 47.2 Å². The molecular weight excluding hydrogens is 337 g/mol. The zero-order valence-corrected chi connectivity index (χ0v) is 13.2. The lowest BCUT2D eigenvalue weighted by molar-refractivity contribution is 0.0699. The Bertz CT molecular complexity index is 854. The Morgan fingerprint density at radius 2 is 1.83 bits per heavy atom. The predicted molar refractivity (Wildman–Crippen MR) is 88.9 cm³/mol. The highest BCUT2D eigenvalue weighted by Gasteiger charge is 2.21. The number of hydrogen-bond donors (Lipinski definition) is 2. The van der Waals surface area contributed by atoms with Crippen LogP contribution >= 0.6 is 22.7 Å². The highest BCUT2D eigenvalue weighted by molar-refractivity contribution is 7.21. The van der Waals surface area contributed by atoms with E-state index in [0.717, 1.165) is 4.88 Å². The summed E-state index contributed by atoms with van der Waals surface area (Å²) in [5.41, 5.74) is 0.555. The number of carboxylic acids is 1. The van der Waals surface area contributed by atoms with Crippen molar-refractivity contribution < 1.29 is 19.1 Å². The third-order valence-corrected chi connectivity index (χ3v) is 5.13. The van der Waals surface area contributed by atoms with E-state index in [0.29, 0.717) is 4.88 Å². The van der Waals surface area contributed by atoms with Crippen molar-refractivity contribution in [3.05, 3.63) is 64.1 Å². The molecule has 0 spiro atoms. The molecule has 0 aliphatic heterocycles. The van der Waals surface area contributed by atoms with Crippen molar-refractivity contribution in [2.75, 3.05) is 5.32 Å². The molecule has 1 aromatic carbocycles. The van der Waals surface area contributed by atoms with Gasteiger partial charge in [0.25, 0.3) is 5.91 Å². The molecule has 0 radical (unpaired) electrons. The molecular formula is C16H10FNO3S2. The van der Waals surface area contributed by atoms with E-state index in [-0.39, 0.29) is 16.8 Å². The Morgan fingerprint density at radius 1 is 1.09 bits per heavy atom. The van der Waals surface area contributed by atoms with Gasteiger partial charge in [0.2, 0.25) is 0 Å². The van der Waals surface area contributed by atoms with Crippen molar-refractivity contribution >= 4 is 40.2 Å². The summed E-state index contributed by atoms with van der Waals surface area (Å²) in [5.74, 6) is -2.03. The van der Waals surface area contributed by atoms with Crippen LogP contribution in [-0.4, -0.2) is 17.0 Å². The molecule has 0 fully saturated rings. The number of amides is 1. The molecule has 3 aromatic rings. The molecule has 7 heteroatoms. The lowest BCUT2D eigenvalue weighted by Gasteiger charge is -2.05. The van der Waals surface area contributed by atoms with Crippen molar-refractivity contribution in [2.45, 2.75) is 0 Å². The molecule has 0 aliphatic carbocycles. The summed E-state index contributed by atoms with van der Waals surface area (Å²) in [4.78, 5) is 25.2. The average molecular weight is 347 g/mol. The molecule has 116 valence electrons. The molecule has 2 N–H and O–H groups in total. The highest BCUT2D eigenvalue weighted by atomic mass is 32.1. The van der Waals surface area contributed by atoms with Crippen LogP contribution in [0.4, 0.5) is 10.1 Å². The lowest BCUT2D eigenvalue weighted by Crippen LogP contribution is -2.13. The maximum Gasteiger partial charge on any atom is 0.339 e. The van der Waals surface area contributed by atoms with Gasteiger partial charge in [0.05, 0.1) is 10.6 Å². The zero-order valence-electron chi connectivity index (χ0n) is 11.6. The first-order chi connectivity index (χ1) is 11.1. The quantitative estimate of drug-likeness (QED) is 0.727. The number of thiophene rings is 2. The van der Waals surface area contributed by atoms with Crippen LogP contribution in [0.5, 0.6) is 0 Å². The topological polar surface area (TPSA) is 66.4 Å². The van der Waals surface area contributed by atoms with E-state index < -0.39 is 17.7 Å². The summed E-state index contributed by atoms with van der Waals surface area (Å²) in [7, 11) is 0. The third kappa shape index (κ3) is 3.15. The number of nitrogens with one attached hydrogen (secondary N) is 1. The summed E-state index contributed by atoms with van der Waals surface area (Å²) in [6.45, 7) is 0. The number of hydrogen-bond acceptors (Lipinski definition) is 4. The molecule has 2 heterocycles. The van der Waals surface area contributed by atoms with Crippen molar-refractivity contribution in [1.82, 2.24) is 0 Å². The van der Waals surface area contributed by atoms with Crippen molar-refractivity contribution in [2.24, 2.45) is 0 Å². The molecule has 0 unspecified atom stereocenters. The standard InChI is InChI=1S/C16H10FNO3S2/c17-10-5-3-9(4-6-10)15(19)18-11-8-23-14(13(11)16(20)21)12-2-1-7-22-12/h1-8H,(H,18,19)(H,20,21). The van der Waals surface area contributed by atoms with Gasteiger partial charge in [-0.25, -0.2) is 9.18 Å². The molecule has 0 aliphatic rings. The fraction of sp³-hybridized carbons (Fsp3) is 0. The molecule has 0 bridgehead atoms. The smallest absolute Gasteiger partial charge is 0.339 e. The van der Waals surface area contributed by atoms with E-state index in [1.54, 1.807) is 5.38 Å². The van der Waals surface area contributed by atoms with Crippen LogP contribution < -0.4 is 5.32 Å². The lowest BCUT2D eigenvalue weighted by atomic mass is 10.1. The van der Waals surface area contributed by atoms with E-state index >= 15 is 0 Å². The van der Waals surface area contributed by atoms with Gasteiger partial charge in [-0.3, -0.25) is 4.79 Å².